The number of aryl methyl sites for hydroxylation is 2. The third-order valence-corrected chi connectivity index (χ3v) is 14.7. The predicted octanol–water partition coefficient (Wildman–Crippen LogP) is 17.7. The molecule has 8 rings (SSSR count). The Balaban J connectivity index is 1.24. The Labute approximate surface area is 410 Å². The number of ether oxygens (including phenoxy) is 1. The second-order valence-corrected chi connectivity index (χ2v) is 19.7. The first-order valence-corrected chi connectivity index (χ1v) is 26.1. The van der Waals surface area contributed by atoms with Crippen LogP contribution >= 0.6 is 22.7 Å². The van der Waals surface area contributed by atoms with Gasteiger partial charge in [0.2, 0.25) is 5.76 Å². The van der Waals surface area contributed by atoms with Crippen molar-refractivity contribution in [3.05, 3.63) is 167 Å². The van der Waals surface area contributed by atoms with Gasteiger partial charge in [0.05, 0.1) is 20.8 Å². The van der Waals surface area contributed by atoms with Gasteiger partial charge in [-0.15, -0.1) is 22.7 Å². The molecule has 0 saturated carbocycles. The Morgan fingerprint density at radius 2 is 0.985 bits per heavy atom. The second kappa shape index (κ2) is 24.4. The van der Waals surface area contributed by atoms with Crippen molar-refractivity contribution < 1.29 is 9.53 Å². The van der Waals surface area contributed by atoms with E-state index in [1.165, 1.54) is 86.8 Å². The Kier molecular flexibility index (Phi) is 17.1. The molecule has 0 radical (unpaired) electrons. The number of aromatic nitrogens is 2. The van der Waals surface area contributed by atoms with E-state index in [-0.39, 0.29) is 12.2 Å². The number of para-hydroxylation sites is 2. The SMILES string of the molecule is CCCCCCCCc1ccc(-c2nc3c(-c4ccc(/C=C(/C#N)OC=O)cc4)ccc(-c4ccc(N(c5ccccc5)c5ccccc5)cc4)c3nc2-c2ccc(CCCCCCCC)s2)s1. The Morgan fingerprint density at radius 1 is 0.544 bits per heavy atom. The highest BCUT2D eigenvalue weighted by Gasteiger charge is 2.22. The number of rotatable bonds is 24. The molecule has 0 N–H and O–H groups in total. The van der Waals surface area contributed by atoms with Crippen LogP contribution in [0.15, 0.2) is 151 Å². The zero-order valence-corrected chi connectivity index (χ0v) is 41.0. The maximum atomic E-state index is 11.0. The minimum Gasteiger partial charge on any atom is -0.417 e. The zero-order valence-electron chi connectivity index (χ0n) is 39.3. The molecule has 0 saturated heterocycles. The van der Waals surface area contributed by atoms with Crippen LogP contribution in [-0.4, -0.2) is 16.4 Å². The molecule has 0 spiro atoms. The summed E-state index contributed by atoms with van der Waals surface area (Å²) in [7, 11) is 0. The summed E-state index contributed by atoms with van der Waals surface area (Å²) < 4.78 is 4.87. The summed E-state index contributed by atoms with van der Waals surface area (Å²) in [6, 6.07) is 53.0. The van der Waals surface area contributed by atoms with Gasteiger partial charge >= 0.3 is 0 Å². The third-order valence-electron chi connectivity index (χ3n) is 12.4. The molecule has 8 aromatic rings. The van der Waals surface area contributed by atoms with Gasteiger partial charge in [0, 0.05) is 37.9 Å². The van der Waals surface area contributed by atoms with E-state index in [4.69, 9.17) is 14.7 Å². The van der Waals surface area contributed by atoms with Gasteiger partial charge in [0.15, 0.2) is 0 Å². The Bertz CT molecular complexity index is 2890. The standard InChI is InChI=1S/C60H60N4O2S2/c1-3-5-7-9-11-19-25-51-35-39-55(67-51)59-60(56-40-36-52(68-56)26-20-12-10-8-6-4-2)63-58-54(38-37-53(57(58)62-59)45-29-27-44(28-30-45)41-50(42-61)66-43-65)46-31-33-49(34-32-46)64(47-21-15-13-16-22-47)48-23-17-14-18-24-48/h13-18,21-24,27-41,43H,3-12,19-20,25-26H2,1-2H3/b50-41-. The summed E-state index contributed by atoms with van der Waals surface area (Å²) in [6.07, 6.45) is 19.0. The molecule has 3 aromatic heterocycles. The van der Waals surface area contributed by atoms with Crippen LogP contribution in [0.5, 0.6) is 0 Å². The van der Waals surface area contributed by atoms with Gasteiger partial charge in [-0.05, 0) is 109 Å². The minimum absolute atomic E-state index is 0.0669. The summed E-state index contributed by atoms with van der Waals surface area (Å²) in [5.74, 6) is -0.0669. The van der Waals surface area contributed by atoms with E-state index in [0.717, 1.165) is 89.9 Å². The average Bonchev–Trinajstić information content (AvgIpc) is 4.07. The van der Waals surface area contributed by atoms with Crippen LogP contribution in [0.1, 0.15) is 106 Å². The monoisotopic (exact) mass is 932 g/mol. The summed E-state index contributed by atoms with van der Waals surface area (Å²) in [4.78, 5) is 29.8. The predicted molar refractivity (Wildman–Crippen MR) is 287 cm³/mol. The maximum absolute atomic E-state index is 11.0. The Hall–Kier alpha value is -6.66. The van der Waals surface area contributed by atoms with Crippen molar-refractivity contribution in [3.8, 4) is 49.5 Å². The zero-order chi connectivity index (χ0) is 46.9. The van der Waals surface area contributed by atoms with E-state index >= 15 is 0 Å². The minimum atomic E-state index is -0.0669. The van der Waals surface area contributed by atoms with Gasteiger partial charge in [0.25, 0.3) is 6.47 Å². The number of hydrogen-bond acceptors (Lipinski definition) is 8. The molecule has 0 aliphatic rings. The maximum Gasteiger partial charge on any atom is 0.299 e. The van der Waals surface area contributed by atoms with Gasteiger partial charge in [-0.25, -0.2) is 9.97 Å². The van der Waals surface area contributed by atoms with Gasteiger partial charge in [-0.3, -0.25) is 4.79 Å². The highest BCUT2D eigenvalue weighted by molar-refractivity contribution is 7.16. The van der Waals surface area contributed by atoms with Gasteiger partial charge in [-0.2, -0.15) is 5.26 Å². The number of allylic oxidation sites excluding steroid dienone is 1. The number of carbonyl (C=O) groups is 1. The van der Waals surface area contributed by atoms with Crippen LogP contribution in [0.25, 0.3) is 60.5 Å². The number of unbranched alkanes of at least 4 members (excludes halogenated alkanes) is 10. The van der Waals surface area contributed by atoms with Crippen molar-refractivity contribution in [3.63, 3.8) is 0 Å². The van der Waals surface area contributed by atoms with Crippen molar-refractivity contribution >= 4 is 63.3 Å². The lowest BCUT2D eigenvalue weighted by Gasteiger charge is -2.25. The van der Waals surface area contributed by atoms with Gasteiger partial charge < -0.3 is 9.64 Å². The number of fused-ring (bicyclic) bond motifs is 1. The molecule has 0 unspecified atom stereocenters. The topological polar surface area (TPSA) is 79.1 Å². The molecule has 0 bridgehead atoms. The van der Waals surface area contributed by atoms with Crippen LogP contribution in [0, 0.1) is 11.3 Å². The Morgan fingerprint density at radius 3 is 1.44 bits per heavy atom. The van der Waals surface area contributed by atoms with E-state index in [9.17, 15) is 10.1 Å². The average molecular weight is 933 g/mol. The molecular weight excluding hydrogens is 873 g/mol. The first kappa shape index (κ1) is 47.8. The molecule has 0 aliphatic heterocycles. The molecular formula is C60H60N4O2S2. The van der Waals surface area contributed by atoms with E-state index in [1.54, 1.807) is 6.08 Å². The lowest BCUT2D eigenvalue weighted by atomic mass is 9.96. The summed E-state index contributed by atoms with van der Waals surface area (Å²) in [5, 5.41) is 9.50. The number of nitrogens with zero attached hydrogens (tertiary/aromatic N) is 4. The van der Waals surface area contributed by atoms with Gasteiger partial charge in [-0.1, -0.05) is 163 Å². The van der Waals surface area contributed by atoms with E-state index in [0.29, 0.717) is 0 Å². The van der Waals surface area contributed by atoms with E-state index in [2.05, 4.69) is 128 Å². The van der Waals surface area contributed by atoms with Crippen LogP contribution in [0.3, 0.4) is 0 Å². The quantitative estimate of drug-likeness (QED) is 0.0260. The number of nitriles is 1. The first-order valence-electron chi connectivity index (χ1n) is 24.4. The molecule has 3 heterocycles. The molecule has 68 heavy (non-hydrogen) atoms. The fourth-order valence-corrected chi connectivity index (χ4v) is 10.9. The second-order valence-electron chi connectivity index (χ2n) is 17.4. The van der Waals surface area contributed by atoms with Crippen molar-refractivity contribution in [2.45, 2.75) is 104 Å². The lowest BCUT2D eigenvalue weighted by molar-refractivity contribution is -0.124. The molecule has 0 atom stereocenters. The van der Waals surface area contributed by atoms with Crippen LogP contribution in [0.2, 0.25) is 0 Å². The molecule has 6 nitrogen and oxygen atoms in total. The van der Waals surface area contributed by atoms with Crippen molar-refractivity contribution in [1.82, 2.24) is 9.97 Å². The van der Waals surface area contributed by atoms with Crippen LogP contribution < -0.4 is 4.90 Å². The summed E-state index contributed by atoms with van der Waals surface area (Å²) in [6.45, 7) is 4.82. The highest BCUT2D eigenvalue weighted by atomic mass is 32.1. The number of carbonyl (C=O) groups excluding carboxylic acids is 1. The number of thiophene rings is 2. The molecule has 344 valence electrons. The third kappa shape index (κ3) is 12.1. The molecule has 5 aromatic carbocycles. The van der Waals surface area contributed by atoms with Crippen molar-refractivity contribution in [2.75, 3.05) is 4.90 Å². The summed E-state index contributed by atoms with van der Waals surface area (Å²) in [5.41, 5.74) is 11.4. The van der Waals surface area contributed by atoms with Crippen LogP contribution in [0.4, 0.5) is 17.1 Å². The fraction of sp³-hybridized carbons (Fsp3) is 0.267. The molecule has 0 aliphatic carbocycles. The molecule has 8 heteroatoms. The van der Waals surface area contributed by atoms with Crippen molar-refractivity contribution in [2.24, 2.45) is 0 Å². The van der Waals surface area contributed by atoms with E-state index < -0.39 is 0 Å². The van der Waals surface area contributed by atoms with E-state index in [1.807, 2.05) is 65.1 Å². The smallest absolute Gasteiger partial charge is 0.299 e. The molecule has 0 amide bonds. The van der Waals surface area contributed by atoms with Crippen LogP contribution in [-0.2, 0) is 22.4 Å². The van der Waals surface area contributed by atoms with Gasteiger partial charge in [0.1, 0.15) is 17.5 Å². The largest absolute Gasteiger partial charge is 0.417 e. The van der Waals surface area contributed by atoms with Crippen molar-refractivity contribution in [1.29, 1.82) is 5.26 Å². The number of benzene rings is 5. The lowest BCUT2D eigenvalue weighted by Crippen LogP contribution is -2.09. The first-order chi connectivity index (χ1) is 33.6. The number of hydrogen-bond donors (Lipinski definition) is 0. The summed E-state index contributed by atoms with van der Waals surface area (Å²) >= 11 is 3.70. The fourth-order valence-electron chi connectivity index (χ4n) is 8.83. The number of anilines is 3. The highest BCUT2D eigenvalue weighted by Crippen LogP contribution is 2.43. The molecule has 0 fully saturated rings. The normalized spacial score (nSPS) is 11.5.